The molecule has 0 radical (unpaired) electrons. The van der Waals surface area contributed by atoms with Crippen molar-refractivity contribution in [2.45, 2.75) is 13.8 Å². The zero-order chi connectivity index (χ0) is 13.0. The van der Waals surface area contributed by atoms with Gasteiger partial charge in [0.25, 0.3) is 0 Å². The van der Waals surface area contributed by atoms with Gasteiger partial charge in [-0.05, 0) is 19.4 Å². The highest BCUT2D eigenvalue weighted by Crippen LogP contribution is 2.31. The molecule has 0 spiro atoms. The minimum Gasteiger partial charge on any atom is -0.379 e. The van der Waals surface area contributed by atoms with Gasteiger partial charge in [-0.1, -0.05) is 11.8 Å². The lowest BCUT2D eigenvalue weighted by atomic mass is 10.2. The van der Waals surface area contributed by atoms with Crippen molar-refractivity contribution in [1.29, 1.82) is 10.7 Å². The molecule has 1 rings (SSSR count). The van der Waals surface area contributed by atoms with Gasteiger partial charge in [0, 0.05) is 4.88 Å². The molecule has 17 heavy (non-hydrogen) atoms. The number of amides is 1. The number of carbonyl (C=O) groups is 1. The smallest absolute Gasteiger partial charge is 0.235 e. The molecule has 1 aromatic rings. The third-order valence-corrected chi connectivity index (χ3v) is 3.95. The zero-order valence-electron chi connectivity index (χ0n) is 9.46. The number of aryl methyl sites for hydroxylation is 1. The summed E-state index contributed by atoms with van der Waals surface area (Å²) in [5.41, 5.74) is 6.54. The van der Waals surface area contributed by atoms with Gasteiger partial charge in [-0.25, -0.2) is 0 Å². The number of thiophene rings is 1. The van der Waals surface area contributed by atoms with E-state index >= 15 is 0 Å². The molecule has 1 heterocycles. The van der Waals surface area contributed by atoms with E-state index in [-0.39, 0.29) is 16.8 Å². The second-order valence-corrected chi connectivity index (χ2v) is 5.54. The number of carbonyl (C=O) groups excluding carboxylic acids is 1. The lowest BCUT2D eigenvalue weighted by molar-refractivity contribution is -0.113. The molecular weight excluding hydrogens is 256 g/mol. The van der Waals surface area contributed by atoms with Crippen molar-refractivity contribution in [3.05, 3.63) is 16.0 Å². The molecule has 7 heteroatoms. The first-order valence-corrected chi connectivity index (χ1v) is 6.52. The molecule has 1 amide bonds. The number of nitriles is 1. The van der Waals surface area contributed by atoms with E-state index in [2.05, 4.69) is 11.4 Å². The second kappa shape index (κ2) is 5.70. The summed E-state index contributed by atoms with van der Waals surface area (Å²) in [5, 5.41) is 19.1. The van der Waals surface area contributed by atoms with Crippen LogP contribution in [0.5, 0.6) is 0 Å². The van der Waals surface area contributed by atoms with Gasteiger partial charge in [-0.3, -0.25) is 10.2 Å². The van der Waals surface area contributed by atoms with E-state index < -0.39 is 0 Å². The molecule has 0 bridgehead atoms. The summed E-state index contributed by atoms with van der Waals surface area (Å²) in [6.07, 6.45) is 0. The third kappa shape index (κ3) is 3.47. The molecule has 90 valence electrons. The molecule has 0 atom stereocenters. The Morgan fingerprint density at radius 3 is 2.82 bits per heavy atom. The fourth-order valence-electron chi connectivity index (χ4n) is 1.16. The first-order chi connectivity index (χ1) is 7.95. The Hall–Kier alpha value is -1.52. The number of nitrogens with one attached hydrogen (secondary N) is 2. The average molecular weight is 268 g/mol. The van der Waals surface area contributed by atoms with E-state index in [1.807, 2.05) is 13.8 Å². The van der Waals surface area contributed by atoms with Crippen LogP contribution in [0.2, 0.25) is 0 Å². The Balaban J connectivity index is 2.76. The quantitative estimate of drug-likeness (QED) is 0.574. The maximum Gasteiger partial charge on any atom is 0.235 e. The van der Waals surface area contributed by atoms with Crippen LogP contribution in [-0.4, -0.2) is 16.8 Å². The van der Waals surface area contributed by atoms with Crippen molar-refractivity contribution in [2.24, 2.45) is 5.73 Å². The molecular formula is C10H12N4OS2. The fourth-order valence-corrected chi connectivity index (χ4v) is 2.54. The lowest BCUT2D eigenvalue weighted by Crippen LogP contribution is -2.17. The third-order valence-electron chi connectivity index (χ3n) is 2.11. The highest BCUT2D eigenvalue weighted by Gasteiger charge is 2.14. The number of rotatable bonds is 3. The van der Waals surface area contributed by atoms with E-state index in [0.717, 1.165) is 22.2 Å². The summed E-state index contributed by atoms with van der Waals surface area (Å²) in [7, 11) is 0. The molecule has 0 aromatic carbocycles. The molecule has 0 aliphatic heterocycles. The molecule has 0 saturated carbocycles. The van der Waals surface area contributed by atoms with Crippen molar-refractivity contribution >= 4 is 39.2 Å². The van der Waals surface area contributed by atoms with Crippen LogP contribution in [0.25, 0.3) is 0 Å². The monoisotopic (exact) mass is 268 g/mol. The van der Waals surface area contributed by atoms with Crippen molar-refractivity contribution < 1.29 is 4.79 Å². The van der Waals surface area contributed by atoms with Gasteiger partial charge in [0.1, 0.15) is 11.1 Å². The van der Waals surface area contributed by atoms with Gasteiger partial charge >= 0.3 is 0 Å². The number of amidine groups is 1. The van der Waals surface area contributed by atoms with Gasteiger partial charge < -0.3 is 11.1 Å². The van der Waals surface area contributed by atoms with Crippen LogP contribution in [0.15, 0.2) is 0 Å². The Labute approximate surface area is 108 Å². The number of thioether (sulfide) groups is 1. The molecule has 0 aliphatic carbocycles. The predicted octanol–water partition coefficient (Wildman–Crippen LogP) is 1.80. The maximum atomic E-state index is 11.5. The highest BCUT2D eigenvalue weighted by molar-refractivity contribution is 8.14. The molecule has 1 aromatic heterocycles. The standard InChI is InChI=1S/C10H12N4OS2/c1-5-6(2)17-9(7(5)3-11)14-8(15)4-16-10(12)13/h4H2,1-2H3,(H3,12,13)(H,14,15). The maximum absolute atomic E-state index is 11.5. The van der Waals surface area contributed by atoms with Crippen molar-refractivity contribution in [3.63, 3.8) is 0 Å². The summed E-state index contributed by atoms with van der Waals surface area (Å²) in [6, 6.07) is 2.08. The Morgan fingerprint density at radius 2 is 2.29 bits per heavy atom. The van der Waals surface area contributed by atoms with E-state index in [0.29, 0.717) is 10.6 Å². The topological polar surface area (TPSA) is 103 Å². The van der Waals surface area contributed by atoms with Crippen LogP contribution in [0, 0.1) is 30.6 Å². The summed E-state index contributed by atoms with van der Waals surface area (Å²) >= 11 is 2.33. The second-order valence-electron chi connectivity index (χ2n) is 3.30. The summed E-state index contributed by atoms with van der Waals surface area (Å²) in [5.74, 6) is -0.182. The average Bonchev–Trinajstić information content (AvgIpc) is 2.51. The predicted molar refractivity (Wildman–Crippen MR) is 71.5 cm³/mol. The number of hydrogen-bond donors (Lipinski definition) is 3. The first-order valence-electron chi connectivity index (χ1n) is 4.72. The molecule has 0 fully saturated rings. The minimum absolute atomic E-state index is 0.0796. The van der Waals surface area contributed by atoms with Gasteiger partial charge in [-0.2, -0.15) is 5.26 Å². The van der Waals surface area contributed by atoms with E-state index in [1.54, 1.807) is 0 Å². The largest absolute Gasteiger partial charge is 0.379 e. The molecule has 0 unspecified atom stereocenters. The van der Waals surface area contributed by atoms with Crippen molar-refractivity contribution in [3.8, 4) is 6.07 Å². The van der Waals surface area contributed by atoms with Gasteiger partial charge in [-0.15, -0.1) is 11.3 Å². The van der Waals surface area contributed by atoms with Crippen LogP contribution in [-0.2, 0) is 4.79 Å². The van der Waals surface area contributed by atoms with E-state index in [4.69, 9.17) is 16.4 Å². The first kappa shape index (κ1) is 13.5. The van der Waals surface area contributed by atoms with Crippen LogP contribution in [0.4, 0.5) is 5.00 Å². The normalized spacial score (nSPS) is 9.71. The number of anilines is 1. The number of nitrogens with zero attached hydrogens (tertiary/aromatic N) is 1. The number of nitrogens with two attached hydrogens (primary N) is 1. The zero-order valence-corrected chi connectivity index (χ0v) is 11.1. The van der Waals surface area contributed by atoms with Crippen LogP contribution >= 0.6 is 23.1 Å². The molecule has 0 aliphatic rings. The Morgan fingerprint density at radius 1 is 1.65 bits per heavy atom. The summed E-state index contributed by atoms with van der Waals surface area (Å²) < 4.78 is 0. The van der Waals surface area contributed by atoms with Gasteiger partial charge in [0.2, 0.25) is 5.91 Å². The molecule has 4 N–H and O–H groups in total. The lowest BCUT2D eigenvalue weighted by Gasteiger charge is -2.02. The minimum atomic E-state index is -0.261. The summed E-state index contributed by atoms with van der Waals surface area (Å²) in [4.78, 5) is 12.5. The molecule has 5 nitrogen and oxygen atoms in total. The van der Waals surface area contributed by atoms with Gasteiger partial charge in [0.05, 0.1) is 11.3 Å². The van der Waals surface area contributed by atoms with Crippen molar-refractivity contribution in [2.75, 3.05) is 11.1 Å². The molecule has 0 saturated heterocycles. The Kier molecular flexibility index (Phi) is 4.54. The Bertz CT molecular complexity index is 501. The van der Waals surface area contributed by atoms with Crippen LogP contribution < -0.4 is 11.1 Å². The van der Waals surface area contributed by atoms with E-state index in [9.17, 15) is 4.79 Å². The van der Waals surface area contributed by atoms with Crippen LogP contribution in [0.1, 0.15) is 16.0 Å². The number of hydrogen-bond acceptors (Lipinski definition) is 5. The van der Waals surface area contributed by atoms with Gasteiger partial charge in [0.15, 0.2) is 5.17 Å². The SMILES string of the molecule is Cc1sc(NC(=O)CSC(=N)N)c(C#N)c1C. The van der Waals surface area contributed by atoms with Crippen LogP contribution in [0.3, 0.4) is 0 Å². The summed E-state index contributed by atoms with van der Waals surface area (Å²) in [6.45, 7) is 3.76. The van der Waals surface area contributed by atoms with E-state index in [1.165, 1.54) is 11.3 Å². The highest BCUT2D eigenvalue weighted by atomic mass is 32.2. The fraction of sp³-hybridized carbons (Fsp3) is 0.300. The van der Waals surface area contributed by atoms with Crippen molar-refractivity contribution in [1.82, 2.24) is 0 Å².